The second-order valence-electron chi connectivity index (χ2n) is 0.542. The first-order chi connectivity index (χ1) is 2.27. The predicted octanol–water partition coefficient (Wildman–Crippen LogP) is -1.31. The van der Waals surface area contributed by atoms with Crippen LogP contribution < -0.4 is 0 Å². The minimum atomic E-state index is -0.981. The van der Waals surface area contributed by atoms with Crippen molar-refractivity contribution in [1.82, 2.24) is 0 Å². The maximum absolute atomic E-state index is 9.25. The van der Waals surface area contributed by atoms with Gasteiger partial charge in [-0.05, 0) is 0 Å². The molecule has 1 N–H and O–H groups in total. The molecule has 0 amide bonds. The van der Waals surface area contributed by atoms with Crippen LogP contribution in [0.4, 0.5) is 0 Å². The fraction of sp³-hybridized carbons (Fsp3) is 0. The normalized spacial score (nSPS) is 4.57. The number of hydrogen-bond acceptors (Lipinski definition) is 1. The van der Waals surface area contributed by atoms with E-state index in [-0.39, 0.29) is 52.6 Å². The van der Waals surface area contributed by atoms with Gasteiger partial charge >= 0.3 is 58.6 Å². The van der Waals surface area contributed by atoms with Crippen molar-refractivity contribution >= 4 is 58.6 Å². The van der Waals surface area contributed by atoms with Gasteiger partial charge in [-0.25, -0.2) is 4.79 Å². The molecule has 34 valence electrons. The molecule has 0 fully saturated rings. The van der Waals surface area contributed by atoms with Gasteiger partial charge in [0.15, 0.2) is 0 Å². The Morgan fingerprint density at radius 1 is 1.71 bits per heavy atom. The zero-order valence-electron chi connectivity index (χ0n) is 2.64. The molecule has 0 heterocycles. The van der Waals surface area contributed by atoms with Gasteiger partial charge in [0.25, 0.3) is 0 Å². The van der Waals surface area contributed by atoms with E-state index in [1.54, 1.807) is 0 Å². The number of aliphatic carboxylic acids is 1. The monoisotopic (exact) mass is 122 g/mol. The van der Waals surface area contributed by atoms with Gasteiger partial charge in [0.1, 0.15) is 0 Å². The third kappa shape index (κ3) is 19.5. The van der Waals surface area contributed by atoms with Crippen molar-refractivity contribution < 1.29 is 9.90 Å². The number of carbonyl (C=O) groups is 1. The quantitative estimate of drug-likeness (QED) is 0.346. The molecule has 7 heavy (non-hydrogen) atoms. The van der Waals surface area contributed by atoms with E-state index in [2.05, 4.69) is 6.58 Å². The summed E-state index contributed by atoms with van der Waals surface area (Å²) in [5.74, 6) is -0.981. The third-order valence-electron chi connectivity index (χ3n) is 0.175. The molecule has 4 heteroatoms. The van der Waals surface area contributed by atoms with Crippen LogP contribution in [0.15, 0.2) is 12.7 Å². The van der Waals surface area contributed by atoms with Crippen LogP contribution in [0.25, 0.3) is 0 Å². The summed E-state index contributed by atoms with van der Waals surface area (Å²) in [6, 6.07) is 0. The summed E-state index contributed by atoms with van der Waals surface area (Å²) in [5, 5.41) is 7.60. The van der Waals surface area contributed by atoms with Crippen molar-refractivity contribution in [1.29, 1.82) is 0 Å². The van der Waals surface area contributed by atoms with E-state index in [4.69, 9.17) is 5.11 Å². The molecule has 0 aromatic carbocycles. The summed E-state index contributed by atoms with van der Waals surface area (Å²) >= 11 is 0. The van der Waals surface area contributed by atoms with Crippen molar-refractivity contribution in [2.75, 3.05) is 0 Å². The fourth-order valence-corrected chi connectivity index (χ4v) is 0. The first kappa shape index (κ1) is 15.7. The van der Waals surface area contributed by atoms with E-state index in [0.717, 1.165) is 6.08 Å². The summed E-state index contributed by atoms with van der Waals surface area (Å²) < 4.78 is 0. The predicted molar refractivity (Wildman–Crippen MR) is 33.5 cm³/mol. The summed E-state index contributed by atoms with van der Waals surface area (Å²) in [7, 11) is 0. The Bertz CT molecular complexity index is 64.0. The molecule has 0 saturated heterocycles. The van der Waals surface area contributed by atoms with Gasteiger partial charge in [0.2, 0.25) is 0 Å². The van der Waals surface area contributed by atoms with Crippen LogP contribution >= 0.6 is 0 Å². The molecule has 0 spiro atoms. The molecule has 2 nitrogen and oxygen atoms in total. The van der Waals surface area contributed by atoms with Crippen molar-refractivity contribution in [2.45, 2.75) is 0 Å². The molecule has 0 bridgehead atoms. The van der Waals surface area contributed by atoms with Crippen molar-refractivity contribution in [3.05, 3.63) is 12.7 Å². The van der Waals surface area contributed by atoms with Gasteiger partial charge in [-0.15, -0.1) is 0 Å². The average molecular weight is 122 g/mol. The Labute approximate surface area is 80.4 Å². The van der Waals surface area contributed by atoms with E-state index in [9.17, 15) is 4.79 Å². The fourth-order valence-electron chi connectivity index (χ4n) is 0. The van der Waals surface area contributed by atoms with Crippen LogP contribution in [0.1, 0.15) is 0 Å². The Morgan fingerprint density at radius 3 is 1.86 bits per heavy atom. The summed E-state index contributed by atoms with van der Waals surface area (Å²) in [6.45, 7) is 2.96. The Hall–Kier alpha value is 0.976. The zero-order valence-corrected chi connectivity index (χ0v) is 2.64. The molecule has 0 saturated carbocycles. The zero-order chi connectivity index (χ0) is 4.28. The molecule has 0 aliphatic carbocycles. The average Bonchev–Trinajstić information content (AvgIpc) is 1.38. The topological polar surface area (TPSA) is 37.3 Å². The van der Waals surface area contributed by atoms with Crippen LogP contribution in [0.5, 0.6) is 0 Å². The number of rotatable bonds is 1. The first-order valence-electron chi connectivity index (χ1n) is 1.12. The Balaban J connectivity index is -0.0000000800. The van der Waals surface area contributed by atoms with Crippen LogP contribution in [-0.4, -0.2) is 63.7 Å². The Morgan fingerprint density at radius 2 is 1.86 bits per heavy atom. The summed E-state index contributed by atoms with van der Waals surface area (Å²) in [4.78, 5) is 9.25. The molecule has 0 rings (SSSR count). The Kier molecular flexibility index (Phi) is 22.5. The molecule has 0 atom stereocenters. The molecule has 0 aromatic rings. The molecule has 0 aromatic heterocycles. The van der Waals surface area contributed by atoms with Gasteiger partial charge < -0.3 is 5.11 Å². The van der Waals surface area contributed by atoms with Gasteiger partial charge in [0, 0.05) is 6.08 Å². The second kappa shape index (κ2) is 10.1. The molecular formula is C3H7MgNaO2. The maximum atomic E-state index is 9.25. The van der Waals surface area contributed by atoms with Crippen LogP contribution in [-0.2, 0) is 4.79 Å². The minimum absolute atomic E-state index is 0. The summed E-state index contributed by atoms with van der Waals surface area (Å²) in [5.41, 5.74) is 0. The number of carboxylic acid groups (broad SMARTS) is 1. The molecular weight excluding hydrogens is 115 g/mol. The first-order valence-corrected chi connectivity index (χ1v) is 1.12. The van der Waals surface area contributed by atoms with E-state index < -0.39 is 5.97 Å². The van der Waals surface area contributed by atoms with E-state index in [1.807, 2.05) is 0 Å². The molecule has 0 aliphatic heterocycles. The van der Waals surface area contributed by atoms with Gasteiger partial charge in [-0.3, -0.25) is 0 Å². The van der Waals surface area contributed by atoms with Crippen LogP contribution in [0.2, 0.25) is 0 Å². The van der Waals surface area contributed by atoms with E-state index in [1.165, 1.54) is 0 Å². The molecule has 0 unspecified atom stereocenters. The van der Waals surface area contributed by atoms with Gasteiger partial charge in [0.05, 0.1) is 0 Å². The van der Waals surface area contributed by atoms with Gasteiger partial charge in [-0.2, -0.15) is 0 Å². The third-order valence-corrected chi connectivity index (χ3v) is 0.175. The number of carboxylic acids is 1. The van der Waals surface area contributed by atoms with Crippen molar-refractivity contribution in [3.63, 3.8) is 0 Å². The van der Waals surface area contributed by atoms with Crippen molar-refractivity contribution in [2.24, 2.45) is 0 Å². The van der Waals surface area contributed by atoms with Crippen LogP contribution in [0, 0.1) is 0 Å². The standard InChI is InChI=1S/C3H4O2.Mg.Na.3H/c1-2-3(4)5;;;;;/h2H,1H2,(H,4,5);;;;;. The summed E-state index contributed by atoms with van der Waals surface area (Å²) in [6.07, 6.45) is 0.833. The van der Waals surface area contributed by atoms with Crippen molar-refractivity contribution in [3.8, 4) is 0 Å². The molecule has 0 aliphatic rings. The molecule has 0 radical (unpaired) electrons. The van der Waals surface area contributed by atoms with E-state index in [0.29, 0.717) is 0 Å². The number of hydrogen-bond donors (Lipinski definition) is 1. The second-order valence-corrected chi connectivity index (χ2v) is 0.542. The van der Waals surface area contributed by atoms with Gasteiger partial charge in [-0.1, -0.05) is 6.58 Å². The van der Waals surface area contributed by atoms with E-state index >= 15 is 0 Å². The SMILES string of the molecule is C=CC(=O)O.[MgH2].[NaH]. The van der Waals surface area contributed by atoms with Crippen LogP contribution in [0.3, 0.4) is 0 Å².